The van der Waals surface area contributed by atoms with Gasteiger partial charge >= 0.3 is 6.01 Å². The molecule has 1 aromatic heterocycles. The van der Waals surface area contributed by atoms with E-state index in [1.807, 2.05) is 48.5 Å². The van der Waals surface area contributed by atoms with Crippen molar-refractivity contribution in [1.82, 2.24) is 14.5 Å². The summed E-state index contributed by atoms with van der Waals surface area (Å²) in [6.07, 6.45) is 0. The Bertz CT molecular complexity index is 1370. The van der Waals surface area contributed by atoms with Crippen LogP contribution in [0.1, 0.15) is 58.8 Å². The summed E-state index contributed by atoms with van der Waals surface area (Å²) in [7, 11) is -3.71. The Labute approximate surface area is 242 Å². The van der Waals surface area contributed by atoms with Crippen LogP contribution in [0, 0.1) is 11.8 Å². The number of anilines is 1. The molecule has 3 rings (SSSR count). The van der Waals surface area contributed by atoms with Crippen molar-refractivity contribution in [2.75, 3.05) is 38.2 Å². The molecule has 2 aromatic carbocycles. The number of carbonyl (C=O) groups excluding carboxylic acids is 1. The minimum atomic E-state index is -3.71. The predicted octanol–water partition coefficient (Wildman–Crippen LogP) is 5.49. The molecular weight excluding hydrogens is 548 g/mol. The highest BCUT2D eigenvalue weighted by molar-refractivity contribution is 7.89. The first kappa shape index (κ1) is 31.9. The van der Waals surface area contributed by atoms with Gasteiger partial charge in [-0.2, -0.15) is 4.31 Å². The zero-order valence-corrected chi connectivity index (χ0v) is 25.6. The fourth-order valence-electron chi connectivity index (χ4n) is 4.08. The van der Waals surface area contributed by atoms with Crippen LogP contribution in [-0.2, 0) is 10.0 Å². The SMILES string of the molecule is CCOc1cc(-c2nnc(NC(=O)c3ccc(S(=O)(=O)N(CC(C)C)CC(C)C)cc3)o2)cc(OCC)c1OCC. The zero-order valence-electron chi connectivity index (χ0n) is 24.8. The van der Waals surface area contributed by atoms with E-state index in [1.165, 1.54) is 28.6 Å². The average molecular weight is 589 g/mol. The molecule has 12 heteroatoms. The van der Waals surface area contributed by atoms with E-state index in [2.05, 4.69) is 15.5 Å². The van der Waals surface area contributed by atoms with Gasteiger partial charge in [-0.1, -0.05) is 32.8 Å². The van der Waals surface area contributed by atoms with Crippen molar-refractivity contribution in [3.63, 3.8) is 0 Å². The van der Waals surface area contributed by atoms with E-state index in [-0.39, 0.29) is 34.2 Å². The maximum absolute atomic E-state index is 13.3. The Hall–Kier alpha value is -3.64. The van der Waals surface area contributed by atoms with Crippen molar-refractivity contribution in [2.24, 2.45) is 11.8 Å². The van der Waals surface area contributed by atoms with Gasteiger partial charge in [-0.25, -0.2) is 8.42 Å². The lowest BCUT2D eigenvalue weighted by atomic mass is 10.2. The second-order valence-corrected chi connectivity index (χ2v) is 12.0. The number of hydrogen-bond acceptors (Lipinski definition) is 9. The molecule has 0 bridgehead atoms. The minimum absolute atomic E-state index is 0.119. The first-order chi connectivity index (χ1) is 19.5. The molecule has 0 atom stereocenters. The number of nitrogens with zero attached hydrogens (tertiary/aromatic N) is 3. The molecule has 0 saturated carbocycles. The van der Waals surface area contributed by atoms with E-state index < -0.39 is 15.9 Å². The van der Waals surface area contributed by atoms with Gasteiger partial charge in [0.2, 0.25) is 21.7 Å². The number of amides is 1. The maximum Gasteiger partial charge on any atom is 0.322 e. The Kier molecular flexibility index (Phi) is 11.1. The van der Waals surface area contributed by atoms with Gasteiger partial charge in [-0.3, -0.25) is 10.1 Å². The number of nitrogens with one attached hydrogen (secondary N) is 1. The summed E-state index contributed by atoms with van der Waals surface area (Å²) >= 11 is 0. The van der Waals surface area contributed by atoms with Crippen LogP contribution in [0.3, 0.4) is 0 Å². The number of benzene rings is 2. The van der Waals surface area contributed by atoms with Gasteiger partial charge in [0.15, 0.2) is 11.5 Å². The van der Waals surface area contributed by atoms with E-state index in [4.69, 9.17) is 18.6 Å². The molecule has 0 aliphatic rings. The Morgan fingerprint density at radius 3 is 1.90 bits per heavy atom. The number of aromatic nitrogens is 2. The second-order valence-electron chi connectivity index (χ2n) is 10.1. The third-order valence-electron chi connectivity index (χ3n) is 5.69. The van der Waals surface area contributed by atoms with Crippen LogP contribution in [0.4, 0.5) is 6.01 Å². The molecule has 0 saturated heterocycles. The molecule has 0 fully saturated rings. The van der Waals surface area contributed by atoms with E-state index in [1.54, 1.807) is 12.1 Å². The van der Waals surface area contributed by atoms with Crippen molar-refractivity contribution < 1.29 is 31.8 Å². The smallest absolute Gasteiger partial charge is 0.322 e. The summed E-state index contributed by atoms with van der Waals surface area (Å²) in [5.41, 5.74) is 0.761. The highest BCUT2D eigenvalue weighted by Crippen LogP contribution is 2.42. The average Bonchev–Trinajstić information content (AvgIpc) is 3.38. The molecule has 224 valence electrons. The number of hydrogen-bond donors (Lipinski definition) is 1. The van der Waals surface area contributed by atoms with E-state index in [9.17, 15) is 13.2 Å². The molecule has 1 heterocycles. The standard InChI is InChI=1S/C29H40N4O7S/c1-8-37-24-15-22(16-25(38-9-2)26(24)39-10-3)28-31-32-29(40-28)30-27(34)21-11-13-23(14-12-21)41(35,36)33(17-19(4)5)18-20(6)7/h11-16,19-20H,8-10,17-18H2,1-7H3,(H,30,32,34). The fourth-order valence-corrected chi connectivity index (χ4v) is 5.85. The largest absolute Gasteiger partial charge is 0.490 e. The van der Waals surface area contributed by atoms with Gasteiger partial charge < -0.3 is 18.6 Å². The lowest BCUT2D eigenvalue weighted by Gasteiger charge is -2.25. The van der Waals surface area contributed by atoms with Crippen LogP contribution in [0.15, 0.2) is 45.7 Å². The van der Waals surface area contributed by atoms with E-state index in [0.29, 0.717) is 55.7 Å². The molecule has 0 spiro atoms. The fraction of sp³-hybridized carbons (Fsp3) is 0.483. The maximum atomic E-state index is 13.3. The summed E-state index contributed by atoms with van der Waals surface area (Å²) in [5.74, 6) is 1.38. The highest BCUT2D eigenvalue weighted by atomic mass is 32.2. The highest BCUT2D eigenvalue weighted by Gasteiger charge is 2.26. The summed E-state index contributed by atoms with van der Waals surface area (Å²) in [4.78, 5) is 13.0. The monoisotopic (exact) mass is 588 g/mol. The quantitative estimate of drug-likeness (QED) is 0.245. The third-order valence-corrected chi connectivity index (χ3v) is 7.54. The molecule has 0 aliphatic carbocycles. The Balaban J connectivity index is 1.80. The van der Waals surface area contributed by atoms with Crippen molar-refractivity contribution in [3.05, 3.63) is 42.0 Å². The number of rotatable bonds is 15. The van der Waals surface area contributed by atoms with Gasteiger partial charge in [0, 0.05) is 24.2 Å². The molecule has 0 radical (unpaired) electrons. The van der Waals surface area contributed by atoms with Crippen molar-refractivity contribution in [2.45, 2.75) is 53.4 Å². The first-order valence-corrected chi connectivity index (χ1v) is 15.3. The van der Waals surface area contributed by atoms with Gasteiger partial charge in [-0.15, -0.1) is 5.10 Å². The zero-order chi connectivity index (χ0) is 30.2. The van der Waals surface area contributed by atoms with Crippen molar-refractivity contribution in [1.29, 1.82) is 0 Å². The van der Waals surface area contributed by atoms with Crippen LogP contribution in [0.5, 0.6) is 17.2 Å². The van der Waals surface area contributed by atoms with E-state index in [0.717, 1.165) is 0 Å². The summed E-state index contributed by atoms with van der Waals surface area (Å²) in [5, 5.41) is 10.6. The number of sulfonamides is 1. The molecular formula is C29H40N4O7S. The molecule has 1 amide bonds. The lowest BCUT2D eigenvalue weighted by molar-refractivity contribution is 0.102. The van der Waals surface area contributed by atoms with Gasteiger partial charge in [0.25, 0.3) is 5.91 Å². The van der Waals surface area contributed by atoms with Crippen molar-refractivity contribution >= 4 is 21.9 Å². The van der Waals surface area contributed by atoms with Crippen LogP contribution >= 0.6 is 0 Å². The normalized spacial score (nSPS) is 11.8. The predicted molar refractivity (Wildman–Crippen MR) is 156 cm³/mol. The summed E-state index contributed by atoms with van der Waals surface area (Å²) < 4.78 is 50.9. The summed E-state index contributed by atoms with van der Waals surface area (Å²) in [6, 6.07) is 9.07. The molecule has 0 unspecified atom stereocenters. The van der Waals surface area contributed by atoms with Gasteiger partial charge in [0.1, 0.15) is 0 Å². The van der Waals surface area contributed by atoms with Crippen LogP contribution in [0.25, 0.3) is 11.5 Å². The van der Waals surface area contributed by atoms with E-state index >= 15 is 0 Å². The molecule has 1 N–H and O–H groups in total. The number of carbonyl (C=O) groups is 1. The molecule has 41 heavy (non-hydrogen) atoms. The van der Waals surface area contributed by atoms with Gasteiger partial charge in [-0.05, 0) is 69.0 Å². The molecule has 3 aromatic rings. The summed E-state index contributed by atoms with van der Waals surface area (Å²) in [6.45, 7) is 15.6. The van der Waals surface area contributed by atoms with Crippen molar-refractivity contribution in [3.8, 4) is 28.7 Å². The second kappa shape index (κ2) is 14.3. The Morgan fingerprint density at radius 1 is 0.878 bits per heavy atom. The third kappa shape index (κ3) is 8.20. The number of ether oxygens (including phenoxy) is 3. The van der Waals surface area contributed by atoms with Crippen LogP contribution in [-0.4, -0.2) is 61.7 Å². The minimum Gasteiger partial charge on any atom is -0.490 e. The van der Waals surface area contributed by atoms with Crippen LogP contribution in [0.2, 0.25) is 0 Å². The Morgan fingerprint density at radius 2 is 1.41 bits per heavy atom. The molecule has 11 nitrogen and oxygen atoms in total. The van der Waals surface area contributed by atoms with Gasteiger partial charge in [0.05, 0.1) is 24.7 Å². The topological polar surface area (TPSA) is 133 Å². The first-order valence-electron chi connectivity index (χ1n) is 13.8. The van der Waals surface area contributed by atoms with Crippen LogP contribution < -0.4 is 19.5 Å². The lowest BCUT2D eigenvalue weighted by Crippen LogP contribution is -2.37. The molecule has 0 aliphatic heterocycles.